The van der Waals surface area contributed by atoms with E-state index in [0.717, 1.165) is 29.0 Å². The molecule has 1 aliphatic heterocycles. The van der Waals surface area contributed by atoms with Crippen LogP contribution >= 0.6 is 11.3 Å². The van der Waals surface area contributed by atoms with Gasteiger partial charge in [0, 0.05) is 29.6 Å². The minimum Gasteiger partial charge on any atom is -0.396 e. The number of nitrogens with one attached hydrogen (secondary N) is 1. The van der Waals surface area contributed by atoms with Crippen molar-refractivity contribution in [2.24, 2.45) is 5.73 Å². The van der Waals surface area contributed by atoms with Gasteiger partial charge in [-0.1, -0.05) is 13.0 Å². The molecule has 1 saturated heterocycles. The third kappa shape index (κ3) is 5.31. The van der Waals surface area contributed by atoms with Crippen LogP contribution in [0.5, 0.6) is 0 Å². The number of benzene rings is 1. The maximum atomic E-state index is 14.8. The van der Waals surface area contributed by atoms with Gasteiger partial charge in [0.05, 0.1) is 24.2 Å². The maximum Gasteiger partial charge on any atom is 0.272 e. The first-order chi connectivity index (χ1) is 16.5. The number of carbonyl (C=O) groups is 1. The standard InChI is InChI=1S/C24H24F4N4O2S/c1-12(9-33)15-5-17(25)21(18(26)6-15)19-7-16(22(29)34)23(35-19)31-20-4-3-14(13(2)30-20)8-32-10-24(27,28)11-32/h3-7,12,33H,8-11H2,1-2H3,(H2,29,34)(H,30,31). The van der Waals surface area contributed by atoms with Gasteiger partial charge in [-0.3, -0.25) is 9.69 Å². The first-order valence-corrected chi connectivity index (χ1v) is 11.7. The monoisotopic (exact) mass is 508 g/mol. The van der Waals surface area contributed by atoms with E-state index in [9.17, 15) is 27.5 Å². The van der Waals surface area contributed by atoms with E-state index < -0.39 is 29.4 Å². The third-order valence-electron chi connectivity index (χ3n) is 5.89. The Balaban J connectivity index is 1.60. The van der Waals surface area contributed by atoms with Crippen molar-refractivity contribution in [3.8, 4) is 10.4 Å². The molecule has 0 spiro atoms. The number of aryl methyl sites for hydroxylation is 1. The molecule has 6 nitrogen and oxygen atoms in total. The Morgan fingerprint density at radius 2 is 1.91 bits per heavy atom. The number of anilines is 2. The van der Waals surface area contributed by atoms with Gasteiger partial charge in [0.2, 0.25) is 0 Å². The highest BCUT2D eigenvalue weighted by Crippen LogP contribution is 2.40. The highest BCUT2D eigenvalue weighted by atomic mass is 32.1. The van der Waals surface area contributed by atoms with Gasteiger partial charge in [0.15, 0.2) is 0 Å². The number of primary amides is 1. The molecular formula is C24H24F4N4O2S. The molecular weight excluding hydrogens is 484 g/mol. The molecule has 4 N–H and O–H groups in total. The average molecular weight is 509 g/mol. The first kappa shape index (κ1) is 25.1. The molecule has 0 radical (unpaired) electrons. The predicted octanol–water partition coefficient (Wildman–Crippen LogP) is 4.79. The average Bonchev–Trinajstić information content (AvgIpc) is 3.16. The molecule has 35 heavy (non-hydrogen) atoms. The molecule has 2 aromatic heterocycles. The van der Waals surface area contributed by atoms with E-state index in [-0.39, 0.29) is 40.7 Å². The summed E-state index contributed by atoms with van der Waals surface area (Å²) in [6.07, 6.45) is 0. The Labute approximate surface area is 203 Å². The van der Waals surface area contributed by atoms with Crippen LogP contribution in [0.15, 0.2) is 30.3 Å². The quantitative estimate of drug-likeness (QED) is 0.381. The Bertz CT molecular complexity index is 1250. The van der Waals surface area contributed by atoms with E-state index in [0.29, 0.717) is 23.6 Å². The van der Waals surface area contributed by atoms with Gasteiger partial charge in [-0.25, -0.2) is 22.5 Å². The zero-order chi connectivity index (χ0) is 25.5. The number of halogens is 4. The minimum absolute atomic E-state index is 0.0444. The van der Waals surface area contributed by atoms with E-state index in [1.807, 2.05) is 0 Å². The van der Waals surface area contributed by atoms with Crippen LogP contribution in [0.2, 0.25) is 0 Å². The molecule has 3 aromatic rings. The number of likely N-dealkylation sites (tertiary alicyclic amines) is 1. The number of aromatic nitrogens is 1. The minimum atomic E-state index is -2.65. The van der Waals surface area contributed by atoms with Crippen molar-refractivity contribution in [1.29, 1.82) is 0 Å². The van der Waals surface area contributed by atoms with Crippen molar-refractivity contribution in [3.63, 3.8) is 0 Å². The number of amides is 1. The lowest BCUT2D eigenvalue weighted by molar-refractivity contribution is -0.134. The number of thiophene rings is 1. The zero-order valence-electron chi connectivity index (χ0n) is 19.0. The number of aliphatic hydroxyl groups is 1. The first-order valence-electron chi connectivity index (χ1n) is 10.8. The third-order valence-corrected chi connectivity index (χ3v) is 6.96. The zero-order valence-corrected chi connectivity index (χ0v) is 19.9. The summed E-state index contributed by atoms with van der Waals surface area (Å²) in [6.45, 7) is 2.89. The van der Waals surface area contributed by atoms with E-state index in [1.54, 1.807) is 30.9 Å². The van der Waals surface area contributed by atoms with Gasteiger partial charge >= 0.3 is 0 Å². The smallest absolute Gasteiger partial charge is 0.272 e. The summed E-state index contributed by atoms with van der Waals surface area (Å²) in [5.41, 5.74) is 6.96. The number of pyridine rings is 1. The summed E-state index contributed by atoms with van der Waals surface area (Å²) < 4.78 is 55.8. The van der Waals surface area contributed by atoms with Crippen LogP contribution in [-0.2, 0) is 6.54 Å². The fourth-order valence-corrected chi connectivity index (χ4v) is 5.03. The van der Waals surface area contributed by atoms with Gasteiger partial charge in [-0.15, -0.1) is 11.3 Å². The molecule has 186 valence electrons. The van der Waals surface area contributed by atoms with E-state index >= 15 is 0 Å². The van der Waals surface area contributed by atoms with Gasteiger partial charge in [-0.2, -0.15) is 0 Å². The molecule has 11 heteroatoms. The Kier molecular flexibility index (Phi) is 6.85. The van der Waals surface area contributed by atoms with Crippen LogP contribution < -0.4 is 11.1 Å². The normalized spacial score (nSPS) is 16.1. The number of nitrogens with two attached hydrogens (primary N) is 1. The largest absolute Gasteiger partial charge is 0.396 e. The Hall–Kier alpha value is -3.02. The Morgan fingerprint density at radius 3 is 2.46 bits per heavy atom. The molecule has 1 unspecified atom stereocenters. The second-order valence-electron chi connectivity index (χ2n) is 8.73. The van der Waals surface area contributed by atoms with E-state index in [2.05, 4.69) is 10.3 Å². The highest BCUT2D eigenvalue weighted by Gasteiger charge is 2.43. The summed E-state index contributed by atoms with van der Waals surface area (Å²) >= 11 is 0.944. The fraction of sp³-hybridized carbons (Fsp3) is 0.333. The van der Waals surface area contributed by atoms with E-state index in [4.69, 9.17) is 5.73 Å². The van der Waals surface area contributed by atoms with Crippen LogP contribution in [0.3, 0.4) is 0 Å². The molecule has 1 aromatic carbocycles. The second-order valence-corrected chi connectivity index (χ2v) is 9.78. The molecule has 4 rings (SSSR count). The van der Waals surface area contributed by atoms with Crippen molar-refractivity contribution in [2.75, 3.05) is 25.0 Å². The molecule has 1 fully saturated rings. The number of carbonyl (C=O) groups excluding carboxylic acids is 1. The molecule has 0 bridgehead atoms. The fourth-order valence-electron chi connectivity index (χ4n) is 3.91. The van der Waals surface area contributed by atoms with Crippen LogP contribution in [-0.4, -0.2) is 46.5 Å². The van der Waals surface area contributed by atoms with Crippen LogP contribution in [0.1, 0.15) is 40.0 Å². The van der Waals surface area contributed by atoms with Gasteiger partial charge in [-0.05, 0) is 42.3 Å². The number of hydrogen-bond donors (Lipinski definition) is 3. The van der Waals surface area contributed by atoms with Gasteiger partial charge in [0.1, 0.15) is 22.5 Å². The van der Waals surface area contributed by atoms with Crippen LogP contribution in [0, 0.1) is 18.6 Å². The highest BCUT2D eigenvalue weighted by molar-refractivity contribution is 7.20. The molecule has 1 amide bonds. The number of alkyl halides is 2. The summed E-state index contributed by atoms with van der Waals surface area (Å²) in [7, 11) is 0. The van der Waals surface area contributed by atoms with Crippen molar-refractivity contribution < 1.29 is 27.5 Å². The Morgan fingerprint density at radius 1 is 1.26 bits per heavy atom. The summed E-state index contributed by atoms with van der Waals surface area (Å²) in [5.74, 6) is -5.15. The van der Waals surface area contributed by atoms with E-state index in [1.165, 1.54) is 6.07 Å². The van der Waals surface area contributed by atoms with Crippen molar-refractivity contribution in [3.05, 3.63) is 64.4 Å². The number of rotatable bonds is 8. The summed E-state index contributed by atoms with van der Waals surface area (Å²) in [4.78, 5) is 18.2. The number of nitrogens with zero attached hydrogens (tertiary/aromatic N) is 2. The molecule has 1 atom stereocenters. The molecule has 0 saturated carbocycles. The molecule has 3 heterocycles. The van der Waals surface area contributed by atoms with Gasteiger partial charge < -0.3 is 16.2 Å². The van der Waals surface area contributed by atoms with Crippen molar-refractivity contribution >= 4 is 28.1 Å². The lowest BCUT2D eigenvalue weighted by atomic mass is 9.99. The van der Waals surface area contributed by atoms with Crippen LogP contribution in [0.25, 0.3) is 10.4 Å². The molecule has 1 aliphatic rings. The lowest BCUT2D eigenvalue weighted by Crippen LogP contribution is -2.55. The maximum absolute atomic E-state index is 14.8. The van der Waals surface area contributed by atoms with Gasteiger partial charge in [0.25, 0.3) is 11.8 Å². The van der Waals surface area contributed by atoms with Crippen molar-refractivity contribution in [1.82, 2.24) is 9.88 Å². The van der Waals surface area contributed by atoms with Crippen molar-refractivity contribution in [2.45, 2.75) is 32.2 Å². The molecule has 0 aliphatic carbocycles. The SMILES string of the molecule is Cc1nc(Nc2sc(-c3c(F)cc(C(C)CO)cc3F)cc2C(N)=O)ccc1CN1CC(F)(F)C1. The number of hydrogen-bond acceptors (Lipinski definition) is 6. The lowest BCUT2D eigenvalue weighted by Gasteiger charge is -2.38. The topological polar surface area (TPSA) is 91.5 Å². The second kappa shape index (κ2) is 9.56. The predicted molar refractivity (Wildman–Crippen MR) is 126 cm³/mol. The van der Waals surface area contributed by atoms with Crippen LogP contribution in [0.4, 0.5) is 28.4 Å². The summed E-state index contributed by atoms with van der Waals surface area (Å²) in [6, 6.07) is 7.02. The number of aliphatic hydroxyl groups excluding tert-OH is 1. The summed E-state index contributed by atoms with van der Waals surface area (Å²) in [5, 5.41) is 12.5.